The molecule has 1 aliphatic rings. The highest BCUT2D eigenvalue weighted by atomic mass is 79.9. The summed E-state index contributed by atoms with van der Waals surface area (Å²) < 4.78 is 1.25. The SMILES string of the molecule is Cc1c(Br)ccc2c1CCC2(C)C. The molecular weight excluding hydrogens is 224 g/mol. The number of benzene rings is 1. The van der Waals surface area contributed by atoms with E-state index in [-0.39, 0.29) is 0 Å². The molecule has 1 aliphatic carbocycles. The summed E-state index contributed by atoms with van der Waals surface area (Å²) >= 11 is 3.59. The van der Waals surface area contributed by atoms with Crippen LogP contribution in [0.25, 0.3) is 0 Å². The van der Waals surface area contributed by atoms with Gasteiger partial charge in [0, 0.05) is 4.47 Å². The Kier molecular flexibility index (Phi) is 2.03. The molecule has 1 heteroatoms. The van der Waals surface area contributed by atoms with Gasteiger partial charge >= 0.3 is 0 Å². The molecule has 0 fully saturated rings. The molecule has 1 aromatic rings. The second kappa shape index (κ2) is 2.84. The van der Waals surface area contributed by atoms with Gasteiger partial charge in [-0.2, -0.15) is 0 Å². The standard InChI is InChI=1S/C12H15Br/c1-8-9-6-7-12(2,3)10(9)4-5-11(8)13/h4-5H,6-7H2,1-3H3. The normalized spacial score (nSPS) is 18.8. The molecule has 0 amide bonds. The maximum atomic E-state index is 3.59. The van der Waals surface area contributed by atoms with Crippen molar-refractivity contribution >= 4 is 15.9 Å². The van der Waals surface area contributed by atoms with Crippen LogP contribution in [-0.4, -0.2) is 0 Å². The van der Waals surface area contributed by atoms with E-state index >= 15 is 0 Å². The fourth-order valence-corrected chi connectivity index (χ4v) is 2.63. The van der Waals surface area contributed by atoms with Gasteiger partial charge in [-0.3, -0.25) is 0 Å². The van der Waals surface area contributed by atoms with E-state index in [9.17, 15) is 0 Å². The fraction of sp³-hybridized carbons (Fsp3) is 0.500. The van der Waals surface area contributed by atoms with E-state index in [0.29, 0.717) is 5.41 Å². The summed E-state index contributed by atoms with van der Waals surface area (Å²) in [6, 6.07) is 4.46. The average Bonchev–Trinajstić information content (AvgIpc) is 2.35. The van der Waals surface area contributed by atoms with Crippen molar-refractivity contribution in [3.8, 4) is 0 Å². The van der Waals surface area contributed by atoms with Gasteiger partial charge in [0.15, 0.2) is 0 Å². The minimum atomic E-state index is 0.390. The van der Waals surface area contributed by atoms with E-state index in [1.165, 1.54) is 22.9 Å². The van der Waals surface area contributed by atoms with Crippen molar-refractivity contribution in [1.82, 2.24) is 0 Å². The Bertz CT molecular complexity index is 350. The molecule has 0 bridgehead atoms. The Balaban J connectivity index is 2.64. The van der Waals surface area contributed by atoms with Crippen molar-refractivity contribution < 1.29 is 0 Å². The van der Waals surface area contributed by atoms with Crippen molar-refractivity contribution in [2.45, 2.75) is 39.0 Å². The smallest absolute Gasteiger partial charge is 0.0207 e. The highest BCUT2D eigenvalue weighted by Crippen LogP contribution is 2.41. The van der Waals surface area contributed by atoms with Gasteiger partial charge in [-0.05, 0) is 47.9 Å². The molecule has 0 saturated heterocycles. The zero-order valence-electron chi connectivity index (χ0n) is 8.45. The van der Waals surface area contributed by atoms with Gasteiger partial charge in [0.05, 0.1) is 0 Å². The first-order valence-electron chi connectivity index (χ1n) is 4.81. The predicted molar refractivity (Wildman–Crippen MR) is 60.2 cm³/mol. The highest BCUT2D eigenvalue weighted by Gasteiger charge is 2.30. The molecule has 0 aliphatic heterocycles. The van der Waals surface area contributed by atoms with E-state index in [1.807, 2.05) is 0 Å². The quantitative estimate of drug-likeness (QED) is 0.642. The monoisotopic (exact) mass is 238 g/mol. The van der Waals surface area contributed by atoms with Crippen molar-refractivity contribution in [2.75, 3.05) is 0 Å². The molecule has 2 rings (SSSR count). The Hall–Kier alpha value is -0.300. The van der Waals surface area contributed by atoms with Crippen molar-refractivity contribution in [3.63, 3.8) is 0 Å². The zero-order chi connectivity index (χ0) is 9.64. The largest absolute Gasteiger partial charge is 0.0571 e. The topological polar surface area (TPSA) is 0 Å². The lowest BCUT2D eigenvalue weighted by atomic mass is 9.86. The zero-order valence-corrected chi connectivity index (χ0v) is 10.0. The minimum Gasteiger partial charge on any atom is -0.0571 e. The Morgan fingerprint density at radius 1 is 1.31 bits per heavy atom. The van der Waals surface area contributed by atoms with Gasteiger partial charge in [-0.15, -0.1) is 0 Å². The summed E-state index contributed by atoms with van der Waals surface area (Å²) in [5, 5.41) is 0. The fourth-order valence-electron chi connectivity index (χ4n) is 2.26. The molecule has 0 unspecified atom stereocenters. The van der Waals surface area contributed by atoms with Gasteiger partial charge in [0.1, 0.15) is 0 Å². The van der Waals surface area contributed by atoms with Crippen LogP contribution in [-0.2, 0) is 11.8 Å². The van der Waals surface area contributed by atoms with E-state index in [1.54, 1.807) is 11.1 Å². The lowest BCUT2D eigenvalue weighted by molar-refractivity contribution is 0.522. The molecular formula is C12H15Br. The molecule has 0 radical (unpaired) electrons. The Morgan fingerprint density at radius 3 is 2.69 bits per heavy atom. The maximum Gasteiger partial charge on any atom is 0.0207 e. The summed E-state index contributed by atoms with van der Waals surface area (Å²) in [6.07, 6.45) is 2.53. The molecule has 13 heavy (non-hydrogen) atoms. The first-order chi connectivity index (χ1) is 6.02. The second-order valence-corrected chi connectivity index (χ2v) is 5.44. The third-order valence-electron chi connectivity index (χ3n) is 3.26. The maximum absolute atomic E-state index is 3.59. The Labute approximate surface area is 88.5 Å². The van der Waals surface area contributed by atoms with Crippen LogP contribution >= 0.6 is 15.9 Å². The summed E-state index contributed by atoms with van der Waals surface area (Å²) in [6.45, 7) is 6.89. The molecule has 1 aromatic carbocycles. The van der Waals surface area contributed by atoms with Gasteiger partial charge < -0.3 is 0 Å². The molecule has 0 spiro atoms. The second-order valence-electron chi connectivity index (χ2n) is 4.58. The lowest BCUT2D eigenvalue weighted by Crippen LogP contribution is -2.11. The molecule has 70 valence electrons. The predicted octanol–water partition coefficient (Wildman–Crippen LogP) is 3.98. The van der Waals surface area contributed by atoms with Gasteiger partial charge in [0.25, 0.3) is 0 Å². The first-order valence-corrected chi connectivity index (χ1v) is 5.60. The number of fused-ring (bicyclic) bond motifs is 1. The Morgan fingerprint density at radius 2 is 2.00 bits per heavy atom. The molecule has 0 N–H and O–H groups in total. The first kappa shape index (κ1) is 9.26. The summed E-state index contributed by atoms with van der Waals surface area (Å²) in [5.41, 5.74) is 4.94. The van der Waals surface area contributed by atoms with Crippen LogP contribution in [0.15, 0.2) is 16.6 Å². The molecule has 0 aromatic heterocycles. The van der Waals surface area contributed by atoms with Crippen LogP contribution in [0.1, 0.15) is 37.0 Å². The van der Waals surface area contributed by atoms with Crippen LogP contribution in [0.2, 0.25) is 0 Å². The van der Waals surface area contributed by atoms with E-state index in [0.717, 1.165) is 0 Å². The van der Waals surface area contributed by atoms with Crippen LogP contribution in [0.5, 0.6) is 0 Å². The molecule has 0 heterocycles. The van der Waals surface area contributed by atoms with E-state index in [2.05, 4.69) is 48.8 Å². The number of rotatable bonds is 0. The number of halogens is 1. The third-order valence-corrected chi connectivity index (χ3v) is 4.12. The van der Waals surface area contributed by atoms with E-state index in [4.69, 9.17) is 0 Å². The van der Waals surface area contributed by atoms with Crippen LogP contribution in [0, 0.1) is 6.92 Å². The van der Waals surface area contributed by atoms with Gasteiger partial charge in [0.2, 0.25) is 0 Å². The van der Waals surface area contributed by atoms with E-state index < -0.39 is 0 Å². The van der Waals surface area contributed by atoms with Crippen LogP contribution in [0.3, 0.4) is 0 Å². The number of hydrogen-bond acceptors (Lipinski definition) is 0. The molecule has 0 nitrogen and oxygen atoms in total. The van der Waals surface area contributed by atoms with Crippen molar-refractivity contribution in [3.05, 3.63) is 33.3 Å². The third kappa shape index (κ3) is 1.34. The summed E-state index contributed by atoms with van der Waals surface area (Å²) in [4.78, 5) is 0. The average molecular weight is 239 g/mol. The minimum absolute atomic E-state index is 0.390. The molecule has 0 atom stereocenters. The van der Waals surface area contributed by atoms with Crippen LogP contribution in [0.4, 0.5) is 0 Å². The summed E-state index contributed by atoms with van der Waals surface area (Å²) in [5.74, 6) is 0. The molecule has 0 saturated carbocycles. The van der Waals surface area contributed by atoms with Crippen molar-refractivity contribution in [1.29, 1.82) is 0 Å². The van der Waals surface area contributed by atoms with Crippen LogP contribution < -0.4 is 0 Å². The highest BCUT2D eigenvalue weighted by molar-refractivity contribution is 9.10. The van der Waals surface area contributed by atoms with Gasteiger partial charge in [-0.1, -0.05) is 35.8 Å². The summed E-state index contributed by atoms with van der Waals surface area (Å²) in [7, 11) is 0. The number of hydrogen-bond donors (Lipinski definition) is 0. The van der Waals surface area contributed by atoms with Crippen molar-refractivity contribution in [2.24, 2.45) is 0 Å². The van der Waals surface area contributed by atoms with Gasteiger partial charge in [-0.25, -0.2) is 0 Å². The lowest BCUT2D eigenvalue weighted by Gasteiger charge is -2.19.